The SMILES string of the molecule is COc1ccc(C(=O)Nc2nc3ccccc3[nH]2)cc1C(=O)NCCCN. The molecule has 3 aromatic rings. The number of fused-ring (bicyclic) bond motifs is 1. The van der Waals surface area contributed by atoms with Gasteiger partial charge in [0.25, 0.3) is 11.8 Å². The van der Waals surface area contributed by atoms with E-state index in [0.717, 1.165) is 11.0 Å². The van der Waals surface area contributed by atoms with E-state index in [2.05, 4.69) is 20.6 Å². The fourth-order valence-corrected chi connectivity index (χ4v) is 2.62. The number of hydrogen-bond acceptors (Lipinski definition) is 5. The zero-order valence-corrected chi connectivity index (χ0v) is 14.9. The van der Waals surface area contributed by atoms with Crippen LogP contribution in [0.15, 0.2) is 42.5 Å². The molecule has 1 heterocycles. The first-order chi connectivity index (χ1) is 13.1. The van der Waals surface area contributed by atoms with Gasteiger partial charge in [0.05, 0.1) is 23.7 Å². The van der Waals surface area contributed by atoms with Gasteiger partial charge in [-0.15, -0.1) is 0 Å². The first-order valence-electron chi connectivity index (χ1n) is 8.55. The van der Waals surface area contributed by atoms with E-state index in [1.54, 1.807) is 12.1 Å². The summed E-state index contributed by atoms with van der Waals surface area (Å²) in [6.45, 7) is 0.936. The van der Waals surface area contributed by atoms with Crippen LogP contribution in [0.1, 0.15) is 27.1 Å². The number of ether oxygens (including phenoxy) is 1. The standard InChI is InChI=1S/C19H21N5O3/c1-27-16-8-7-12(11-13(16)18(26)21-10-4-9-20)17(25)24-19-22-14-5-2-3-6-15(14)23-19/h2-3,5-8,11H,4,9-10,20H2,1H3,(H,21,26)(H2,22,23,24,25). The maximum absolute atomic E-state index is 12.6. The van der Waals surface area contributed by atoms with Crippen LogP contribution in [0.3, 0.4) is 0 Å². The number of H-pyrrole nitrogens is 1. The molecule has 0 aliphatic carbocycles. The molecule has 0 fully saturated rings. The van der Waals surface area contributed by atoms with Crippen molar-refractivity contribution in [3.8, 4) is 5.75 Å². The largest absolute Gasteiger partial charge is 0.496 e. The molecule has 8 heteroatoms. The quantitative estimate of drug-likeness (QED) is 0.475. The number of amides is 2. The number of aromatic nitrogens is 2. The number of benzene rings is 2. The molecule has 27 heavy (non-hydrogen) atoms. The van der Waals surface area contributed by atoms with Crippen molar-refractivity contribution in [1.29, 1.82) is 0 Å². The third-order valence-corrected chi connectivity index (χ3v) is 3.99. The first kappa shape index (κ1) is 18.4. The van der Waals surface area contributed by atoms with Gasteiger partial charge in [0.2, 0.25) is 5.95 Å². The highest BCUT2D eigenvalue weighted by atomic mass is 16.5. The van der Waals surface area contributed by atoms with Crippen LogP contribution in [-0.2, 0) is 0 Å². The smallest absolute Gasteiger partial charge is 0.257 e. The fraction of sp³-hybridized carbons (Fsp3) is 0.211. The van der Waals surface area contributed by atoms with E-state index in [9.17, 15) is 9.59 Å². The summed E-state index contributed by atoms with van der Waals surface area (Å²) in [7, 11) is 1.47. The number of anilines is 1. The van der Waals surface area contributed by atoms with E-state index < -0.39 is 0 Å². The fourth-order valence-electron chi connectivity index (χ4n) is 2.62. The van der Waals surface area contributed by atoms with Gasteiger partial charge < -0.3 is 20.8 Å². The number of nitrogens with two attached hydrogens (primary N) is 1. The van der Waals surface area contributed by atoms with Gasteiger partial charge in [-0.2, -0.15) is 0 Å². The number of methoxy groups -OCH3 is 1. The zero-order valence-electron chi connectivity index (χ0n) is 14.9. The van der Waals surface area contributed by atoms with Crippen LogP contribution in [0, 0.1) is 0 Å². The van der Waals surface area contributed by atoms with Crippen molar-refractivity contribution in [3.63, 3.8) is 0 Å². The molecule has 3 rings (SSSR count). The number of aromatic amines is 1. The summed E-state index contributed by atoms with van der Waals surface area (Å²) in [4.78, 5) is 32.3. The van der Waals surface area contributed by atoms with Crippen LogP contribution in [0.4, 0.5) is 5.95 Å². The summed E-state index contributed by atoms with van der Waals surface area (Å²) < 4.78 is 5.23. The van der Waals surface area contributed by atoms with E-state index in [1.807, 2.05) is 24.3 Å². The summed E-state index contributed by atoms with van der Waals surface area (Å²) in [6.07, 6.45) is 0.667. The summed E-state index contributed by atoms with van der Waals surface area (Å²) in [6, 6.07) is 12.1. The summed E-state index contributed by atoms with van der Waals surface area (Å²) in [5.41, 5.74) is 7.61. The highest BCUT2D eigenvalue weighted by Crippen LogP contribution is 2.21. The van der Waals surface area contributed by atoms with Crippen LogP contribution >= 0.6 is 0 Å². The molecule has 0 aliphatic heterocycles. The van der Waals surface area contributed by atoms with Crippen LogP contribution in [-0.4, -0.2) is 42.0 Å². The van der Waals surface area contributed by atoms with E-state index in [1.165, 1.54) is 13.2 Å². The highest BCUT2D eigenvalue weighted by molar-refractivity contribution is 6.06. The average molecular weight is 367 g/mol. The Morgan fingerprint density at radius 1 is 1.19 bits per heavy atom. The van der Waals surface area contributed by atoms with Crippen LogP contribution in [0.25, 0.3) is 11.0 Å². The summed E-state index contributed by atoms with van der Waals surface area (Å²) in [5, 5.41) is 5.47. The molecule has 0 bridgehead atoms. The van der Waals surface area contributed by atoms with Gasteiger partial charge in [-0.1, -0.05) is 12.1 Å². The Bertz CT molecular complexity index is 934. The molecule has 0 unspecified atom stereocenters. The van der Waals surface area contributed by atoms with E-state index in [-0.39, 0.29) is 17.4 Å². The number of carbonyl (C=O) groups is 2. The van der Waals surface area contributed by atoms with Crippen LogP contribution in [0.5, 0.6) is 5.75 Å². The lowest BCUT2D eigenvalue weighted by Crippen LogP contribution is -2.26. The minimum absolute atomic E-state index is 0.284. The number of carbonyl (C=O) groups excluding carboxylic acids is 2. The monoisotopic (exact) mass is 367 g/mol. The predicted molar refractivity (Wildman–Crippen MR) is 103 cm³/mol. The minimum Gasteiger partial charge on any atom is -0.496 e. The normalized spacial score (nSPS) is 10.6. The van der Waals surface area contributed by atoms with Gasteiger partial charge in [0.1, 0.15) is 5.75 Å². The molecule has 8 nitrogen and oxygen atoms in total. The van der Waals surface area contributed by atoms with E-state index in [0.29, 0.717) is 36.8 Å². The molecule has 2 aromatic carbocycles. The second kappa shape index (κ2) is 8.33. The number of para-hydroxylation sites is 2. The molecule has 5 N–H and O–H groups in total. The Balaban J connectivity index is 1.79. The molecular weight excluding hydrogens is 346 g/mol. The maximum Gasteiger partial charge on any atom is 0.257 e. The van der Waals surface area contributed by atoms with Crippen LogP contribution < -0.4 is 21.1 Å². The number of hydrogen-bond donors (Lipinski definition) is 4. The topological polar surface area (TPSA) is 122 Å². The van der Waals surface area contributed by atoms with Crippen molar-refractivity contribution in [1.82, 2.24) is 15.3 Å². The summed E-state index contributed by atoms with van der Waals surface area (Å²) >= 11 is 0. The predicted octanol–water partition coefficient (Wildman–Crippen LogP) is 1.90. The van der Waals surface area contributed by atoms with Gasteiger partial charge in [-0.25, -0.2) is 4.98 Å². The molecule has 2 amide bonds. The van der Waals surface area contributed by atoms with Gasteiger partial charge >= 0.3 is 0 Å². The molecular formula is C19H21N5O3. The molecule has 140 valence electrons. The third kappa shape index (κ3) is 4.24. The molecule has 0 aliphatic rings. The molecule has 0 saturated heterocycles. The van der Waals surface area contributed by atoms with Crippen molar-refractivity contribution in [3.05, 3.63) is 53.6 Å². The molecule has 0 radical (unpaired) electrons. The lowest BCUT2D eigenvalue weighted by Gasteiger charge is -2.11. The number of rotatable bonds is 7. The Morgan fingerprint density at radius 2 is 2.00 bits per heavy atom. The Hall–Kier alpha value is -3.39. The third-order valence-electron chi connectivity index (χ3n) is 3.99. The second-order valence-corrected chi connectivity index (χ2v) is 5.87. The molecule has 0 atom stereocenters. The van der Waals surface area contributed by atoms with E-state index >= 15 is 0 Å². The second-order valence-electron chi connectivity index (χ2n) is 5.87. The van der Waals surface area contributed by atoms with Crippen molar-refractivity contribution >= 4 is 28.8 Å². The molecule has 1 aromatic heterocycles. The summed E-state index contributed by atoms with van der Waals surface area (Å²) in [5.74, 6) is 0.0258. The number of imidazole rings is 1. The van der Waals surface area contributed by atoms with Gasteiger partial charge in [0, 0.05) is 12.1 Å². The van der Waals surface area contributed by atoms with Crippen molar-refractivity contribution < 1.29 is 14.3 Å². The first-order valence-corrected chi connectivity index (χ1v) is 8.55. The Morgan fingerprint density at radius 3 is 2.74 bits per heavy atom. The Kier molecular flexibility index (Phi) is 5.68. The van der Waals surface area contributed by atoms with Crippen molar-refractivity contribution in [2.75, 3.05) is 25.5 Å². The van der Waals surface area contributed by atoms with Crippen molar-refractivity contribution in [2.24, 2.45) is 5.73 Å². The maximum atomic E-state index is 12.6. The lowest BCUT2D eigenvalue weighted by atomic mass is 10.1. The van der Waals surface area contributed by atoms with Crippen LogP contribution in [0.2, 0.25) is 0 Å². The lowest BCUT2D eigenvalue weighted by molar-refractivity contribution is 0.0950. The molecule has 0 saturated carbocycles. The zero-order chi connectivity index (χ0) is 19.2. The van der Waals surface area contributed by atoms with E-state index in [4.69, 9.17) is 10.5 Å². The van der Waals surface area contributed by atoms with Gasteiger partial charge in [0.15, 0.2) is 0 Å². The highest BCUT2D eigenvalue weighted by Gasteiger charge is 2.16. The minimum atomic E-state index is -0.382. The van der Waals surface area contributed by atoms with Gasteiger partial charge in [-0.05, 0) is 43.3 Å². The average Bonchev–Trinajstić information content (AvgIpc) is 3.09. The van der Waals surface area contributed by atoms with Gasteiger partial charge in [-0.3, -0.25) is 14.9 Å². The molecule has 0 spiro atoms. The van der Waals surface area contributed by atoms with Crippen molar-refractivity contribution in [2.45, 2.75) is 6.42 Å². The number of nitrogens with one attached hydrogen (secondary N) is 3. The Labute approximate surface area is 156 Å². The number of nitrogens with zero attached hydrogens (tertiary/aromatic N) is 1.